The van der Waals surface area contributed by atoms with Crippen LogP contribution in [0.4, 0.5) is 5.69 Å². The number of benzene rings is 1. The number of aryl methyl sites for hydroxylation is 1. The molecule has 2 amide bonds. The molecule has 5 heteroatoms. The van der Waals surface area contributed by atoms with Gasteiger partial charge >= 0.3 is 0 Å². The van der Waals surface area contributed by atoms with E-state index in [2.05, 4.69) is 46.2 Å². The standard InChI is InChI=1S/C23H29N3O2/c27-22-19-7-2-3-8-20(19)23(28)26(22)13-5-12-24-14-15-25-18(16-24)11-10-17-6-1-4-9-21(17)25/h1-4,6,9,18-20H,5,7-8,10-16H2. The van der Waals surface area contributed by atoms with E-state index in [1.807, 2.05) is 0 Å². The molecule has 0 N–H and O–H groups in total. The Balaban J connectivity index is 1.14. The summed E-state index contributed by atoms with van der Waals surface area (Å²) in [5.41, 5.74) is 2.90. The van der Waals surface area contributed by atoms with Crippen LogP contribution >= 0.6 is 0 Å². The maximum atomic E-state index is 12.6. The van der Waals surface area contributed by atoms with Gasteiger partial charge in [0.1, 0.15) is 0 Å². The van der Waals surface area contributed by atoms with Gasteiger partial charge in [0.25, 0.3) is 0 Å². The van der Waals surface area contributed by atoms with E-state index in [0.29, 0.717) is 12.6 Å². The molecule has 5 nitrogen and oxygen atoms in total. The van der Waals surface area contributed by atoms with Crippen molar-refractivity contribution in [1.29, 1.82) is 0 Å². The highest BCUT2D eigenvalue weighted by Gasteiger charge is 2.46. The van der Waals surface area contributed by atoms with Crippen molar-refractivity contribution in [1.82, 2.24) is 9.80 Å². The monoisotopic (exact) mass is 379 g/mol. The number of rotatable bonds is 4. The van der Waals surface area contributed by atoms with Crippen LogP contribution in [0.3, 0.4) is 0 Å². The first-order valence-electron chi connectivity index (χ1n) is 10.8. The Bertz CT molecular complexity index is 779. The fourth-order valence-electron chi connectivity index (χ4n) is 5.55. The summed E-state index contributed by atoms with van der Waals surface area (Å²) in [4.78, 5) is 31.8. The lowest BCUT2D eigenvalue weighted by molar-refractivity contribution is -0.140. The van der Waals surface area contributed by atoms with Crippen LogP contribution in [-0.2, 0) is 16.0 Å². The Labute approximate surface area is 167 Å². The number of para-hydroxylation sites is 1. The molecule has 28 heavy (non-hydrogen) atoms. The molecule has 3 unspecified atom stereocenters. The van der Waals surface area contributed by atoms with Crippen LogP contribution < -0.4 is 4.90 Å². The number of hydrogen-bond acceptors (Lipinski definition) is 4. The second kappa shape index (κ2) is 7.36. The molecule has 3 heterocycles. The first kappa shape index (κ1) is 17.9. The molecule has 1 aromatic rings. The fourth-order valence-corrected chi connectivity index (χ4v) is 5.55. The first-order valence-corrected chi connectivity index (χ1v) is 10.8. The van der Waals surface area contributed by atoms with E-state index in [9.17, 15) is 9.59 Å². The van der Waals surface area contributed by atoms with E-state index in [-0.39, 0.29) is 23.7 Å². The zero-order valence-electron chi connectivity index (χ0n) is 16.4. The molecule has 0 saturated carbocycles. The Morgan fingerprint density at radius 2 is 1.68 bits per heavy atom. The number of fused-ring (bicyclic) bond motifs is 4. The smallest absolute Gasteiger partial charge is 0.233 e. The number of nitrogens with zero attached hydrogens (tertiary/aromatic N) is 3. The second-order valence-corrected chi connectivity index (χ2v) is 8.65. The summed E-state index contributed by atoms with van der Waals surface area (Å²) >= 11 is 0. The minimum absolute atomic E-state index is 0.0630. The Morgan fingerprint density at radius 1 is 0.929 bits per heavy atom. The predicted octanol–water partition coefficient (Wildman–Crippen LogP) is 2.46. The van der Waals surface area contributed by atoms with Gasteiger partial charge in [-0.1, -0.05) is 30.4 Å². The minimum atomic E-state index is -0.0941. The fraction of sp³-hybridized carbons (Fsp3) is 0.565. The average molecular weight is 380 g/mol. The van der Waals surface area contributed by atoms with Crippen molar-refractivity contribution in [3.63, 3.8) is 0 Å². The highest BCUT2D eigenvalue weighted by atomic mass is 16.2. The zero-order chi connectivity index (χ0) is 19.1. The molecule has 0 radical (unpaired) electrons. The number of allylic oxidation sites excluding steroid dienone is 2. The third kappa shape index (κ3) is 3.06. The van der Waals surface area contributed by atoms with Gasteiger partial charge < -0.3 is 4.90 Å². The van der Waals surface area contributed by atoms with Crippen LogP contribution in [0.25, 0.3) is 0 Å². The first-order chi connectivity index (χ1) is 13.7. The van der Waals surface area contributed by atoms with Crippen molar-refractivity contribution < 1.29 is 9.59 Å². The molecule has 3 atom stereocenters. The molecular formula is C23H29N3O2. The summed E-state index contributed by atoms with van der Waals surface area (Å²) in [7, 11) is 0. The number of piperazine rings is 1. The van der Waals surface area contributed by atoms with Gasteiger partial charge in [-0.2, -0.15) is 0 Å². The van der Waals surface area contributed by atoms with Crippen LogP contribution in [0.5, 0.6) is 0 Å². The van der Waals surface area contributed by atoms with Gasteiger partial charge in [-0.15, -0.1) is 0 Å². The Hall–Kier alpha value is -2.14. The average Bonchev–Trinajstić information content (AvgIpc) is 2.98. The third-order valence-electron chi connectivity index (χ3n) is 7.07. The van der Waals surface area contributed by atoms with Crippen molar-refractivity contribution in [3.8, 4) is 0 Å². The number of likely N-dealkylation sites (tertiary alicyclic amines) is 1. The van der Waals surface area contributed by atoms with Crippen molar-refractivity contribution in [2.75, 3.05) is 37.6 Å². The van der Waals surface area contributed by atoms with Gasteiger partial charge in [0.2, 0.25) is 11.8 Å². The molecule has 5 rings (SSSR count). The van der Waals surface area contributed by atoms with Crippen molar-refractivity contribution in [3.05, 3.63) is 42.0 Å². The minimum Gasteiger partial charge on any atom is -0.366 e. The van der Waals surface area contributed by atoms with E-state index in [1.165, 1.54) is 24.1 Å². The van der Waals surface area contributed by atoms with Crippen LogP contribution in [0, 0.1) is 11.8 Å². The molecule has 0 aromatic heterocycles. The summed E-state index contributed by atoms with van der Waals surface area (Å²) in [6.07, 6.45) is 8.84. The van der Waals surface area contributed by atoms with Crippen LogP contribution in [0.2, 0.25) is 0 Å². The van der Waals surface area contributed by atoms with Crippen molar-refractivity contribution in [2.45, 2.75) is 38.1 Å². The van der Waals surface area contributed by atoms with Crippen LogP contribution in [0.1, 0.15) is 31.2 Å². The van der Waals surface area contributed by atoms with Crippen molar-refractivity contribution in [2.24, 2.45) is 11.8 Å². The second-order valence-electron chi connectivity index (χ2n) is 8.65. The molecular weight excluding hydrogens is 350 g/mol. The molecule has 1 aliphatic carbocycles. The lowest BCUT2D eigenvalue weighted by Crippen LogP contribution is -2.55. The lowest BCUT2D eigenvalue weighted by atomic mass is 9.85. The summed E-state index contributed by atoms with van der Waals surface area (Å²) < 4.78 is 0. The molecule has 2 fully saturated rings. The largest absolute Gasteiger partial charge is 0.366 e. The highest BCUT2D eigenvalue weighted by molar-refractivity contribution is 6.05. The summed E-state index contributed by atoms with van der Waals surface area (Å²) in [5.74, 6) is -0.0622. The Kier molecular flexibility index (Phi) is 4.71. The van der Waals surface area contributed by atoms with E-state index >= 15 is 0 Å². The van der Waals surface area contributed by atoms with Gasteiger partial charge in [-0.05, 0) is 50.3 Å². The maximum absolute atomic E-state index is 12.6. The zero-order valence-corrected chi connectivity index (χ0v) is 16.4. The number of carbonyl (C=O) groups is 2. The summed E-state index contributed by atoms with van der Waals surface area (Å²) in [6, 6.07) is 9.39. The quantitative estimate of drug-likeness (QED) is 0.595. The van der Waals surface area contributed by atoms with Crippen molar-refractivity contribution >= 4 is 17.5 Å². The number of imide groups is 1. The molecule has 4 aliphatic rings. The topological polar surface area (TPSA) is 43.9 Å². The van der Waals surface area contributed by atoms with E-state index in [0.717, 1.165) is 45.4 Å². The van der Waals surface area contributed by atoms with Gasteiger partial charge in [0.05, 0.1) is 11.8 Å². The lowest BCUT2D eigenvalue weighted by Gasteiger charge is -2.46. The van der Waals surface area contributed by atoms with E-state index < -0.39 is 0 Å². The van der Waals surface area contributed by atoms with E-state index in [1.54, 1.807) is 4.90 Å². The number of hydrogen-bond donors (Lipinski definition) is 0. The molecule has 0 spiro atoms. The number of amides is 2. The highest BCUT2D eigenvalue weighted by Crippen LogP contribution is 2.35. The molecule has 148 valence electrons. The molecule has 3 aliphatic heterocycles. The van der Waals surface area contributed by atoms with Crippen LogP contribution in [-0.4, -0.2) is 60.4 Å². The normalized spacial score (nSPS) is 29.6. The Morgan fingerprint density at radius 3 is 2.46 bits per heavy atom. The molecule has 2 saturated heterocycles. The summed E-state index contributed by atoms with van der Waals surface area (Å²) in [5, 5.41) is 0. The number of anilines is 1. The predicted molar refractivity (Wildman–Crippen MR) is 109 cm³/mol. The van der Waals surface area contributed by atoms with Gasteiger partial charge in [0, 0.05) is 37.9 Å². The SMILES string of the molecule is O=C1C2CC=CCC2C(=O)N1CCCN1CCN2c3ccccc3CCC2C1. The van der Waals surface area contributed by atoms with Crippen LogP contribution in [0.15, 0.2) is 36.4 Å². The maximum Gasteiger partial charge on any atom is 0.233 e. The molecule has 1 aromatic carbocycles. The number of carbonyl (C=O) groups excluding carboxylic acids is 2. The van der Waals surface area contributed by atoms with Gasteiger partial charge in [0.15, 0.2) is 0 Å². The van der Waals surface area contributed by atoms with E-state index in [4.69, 9.17) is 0 Å². The summed E-state index contributed by atoms with van der Waals surface area (Å²) in [6.45, 7) is 4.77. The van der Waals surface area contributed by atoms with Gasteiger partial charge in [-0.25, -0.2) is 0 Å². The molecule has 0 bridgehead atoms. The third-order valence-corrected chi connectivity index (χ3v) is 7.07. The van der Waals surface area contributed by atoms with Gasteiger partial charge in [-0.3, -0.25) is 19.4 Å².